The monoisotopic (exact) mass is 550 g/mol. The van der Waals surface area contributed by atoms with Crippen molar-refractivity contribution < 1.29 is 9.53 Å². The van der Waals surface area contributed by atoms with E-state index in [2.05, 4.69) is 58.7 Å². The number of carbonyl (C=O) groups is 1. The number of amides is 1. The molecule has 5 aliphatic carbocycles. The topological polar surface area (TPSA) is 44.9 Å². The summed E-state index contributed by atoms with van der Waals surface area (Å²) in [5.41, 5.74) is 4.78. The van der Waals surface area contributed by atoms with Crippen molar-refractivity contribution in [1.29, 1.82) is 0 Å². The minimum Gasteiger partial charge on any atom is -0.373 e. The van der Waals surface area contributed by atoms with Gasteiger partial charge in [-0.05, 0) is 115 Å². The number of carbonyl (C=O) groups excluding carboxylic acids is 1. The molecule has 2 saturated heterocycles. The Morgan fingerprint density at radius 3 is 2.23 bits per heavy atom. The van der Waals surface area contributed by atoms with Gasteiger partial charge in [0.1, 0.15) is 0 Å². The predicted molar refractivity (Wildman–Crippen MR) is 162 cm³/mol. The first kappa shape index (κ1) is 27.9. The van der Waals surface area contributed by atoms with Gasteiger partial charge >= 0.3 is 0 Å². The standard InChI is InChI=1S/C36H58N2O2/c1-31(2)14-16-36(30(39)38-20-18-37-19-21-38)17-15-34(6)24(26(36)22-31)8-9-29-33(5)12-10-25(27-23-40-27)32(3,4)28(33)11-13-35(29,34)7/h25,27-29,37H,8-23H2,1-7H3/t25-,27?,28+,29-,33+,34-,35-,36+/m1/s1. The van der Waals surface area contributed by atoms with E-state index in [-0.39, 0.29) is 10.8 Å². The first-order valence-electron chi connectivity index (χ1n) is 17.1. The second-order valence-corrected chi connectivity index (χ2v) is 17.7. The second kappa shape index (κ2) is 8.84. The van der Waals surface area contributed by atoms with Crippen molar-refractivity contribution in [3.05, 3.63) is 11.1 Å². The third-order valence-electron chi connectivity index (χ3n) is 15.3. The average molecular weight is 551 g/mol. The van der Waals surface area contributed by atoms with Gasteiger partial charge in [0.15, 0.2) is 0 Å². The molecule has 4 heteroatoms. The molecule has 1 N–H and O–H groups in total. The predicted octanol–water partition coefficient (Wildman–Crippen LogP) is 7.38. The van der Waals surface area contributed by atoms with Crippen molar-refractivity contribution in [2.24, 2.45) is 50.2 Å². The molecular formula is C36H58N2O2. The van der Waals surface area contributed by atoms with Crippen LogP contribution < -0.4 is 5.32 Å². The Kier molecular flexibility index (Phi) is 6.17. The van der Waals surface area contributed by atoms with E-state index in [1.807, 2.05) is 0 Å². The Bertz CT molecular complexity index is 1100. The Morgan fingerprint density at radius 2 is 1.52 bits per heavy atom. The lowest BCUT2D eigenvalue weighted by Crippen LogP contribution is -2.64. The quantitative estimate of drug-likeness (QED) is 0.288. The maximum Gasteiger partial charge on any atom is 0.232 e. The molecule has 224 valence electrons. The molecule has 0 radical (unpaired) electrons. The fourth-order valence-corrected chi connectivity index (χ4v) is 12.8. The number of allylic oxidation sites excluding steroid dienone is 1. The number of hydrogen-bond acceptors (Lipinski definition) is 3. The molecule has 0 aromatic carbocycles. The highest BCUT2D eigenvalue weighted by Gasteiger charge is 2.69. The highest BCUT2D eigenvalue weighted by Crippen LogP contribution is 2.76. The summed E-state index contributed by atoms with van der Waals surface area (Å²) in [5.74, 6) is 2.80. The number of epoxide rings is 1. The lowest BCUT2D eigenvalue weighted by molar-refractivity contribution is -0.195. The zero-order valence-electron chi connectivity index (χ0n) is 26.9. The summed E-state index contributed by atoms with van der Waals surface area (Å²) in [6.07, 6.45) is 14.2. The fourth-order valence-electron chi connectivity index (χ4n) is 12.8. The molecule has 0 aromatic heterocycles. The first-order valence-corrected chi connectivity index (χ1v) is 17.1. The summed E-state index contributed by atoms with van der Waals surface area (Å²) >= 11 is 0. The summed E-state index contributed by atoms with van der Waals surface area (Å²) in [6, 6.07) is 0. The van der Waals surface area contributed by atoms with Gasteiger partial charge in [0.25, 0.3) is 0 Å². The van der Waals surface area contributed by atoms with E-state index in [0.717, 1.165) is 69.8 Å². The zero-order chi connectivity index (χ0) is 28.3. The van der Waals surface area contributed by atoms with E-state index in [0.29, 0.717) is 33.7 Å². The van der Waals surface area contributed by atoms with E-state index in [1.165, 1.54) is 51.4 Å². The number of piperazine rings is 1. The molecular weight excluding hydrogens is 492 g/mol. The van der Waals surface area contributed by atoms with Crippen LogP contribution in [0.4, 0.5) is 0 Å². The number of ether oxygens (including phenoxy) is 1. The second-order valence-electron chi connectivity index (χ2n) is 17.7. The molecule has 7 aliphatic rings. The van der Waals surface area contributed by atoms with Gasteiger partial charge in [0.05, 0.1) is 18.1 Å². The van der Waals surface area contributed by atoms with Crippen LogP contribution in [-0.2, 0) is 9.53 Å². The van der Waals surface area contributed by atoms with Gasteiger partial charge in [-0.1, -0.05) is 59.6 Å². The van der Waals surface area contributed by atoms with Crippen LogP contribution in [0, 0.1) is 50.2 Å². The molecule has 2 heterocycles. The maximum atomic E-state index is 14.5. The Balaban J connectivity index is 1.28. The summed E-state index contributed by atoms with van der Waals surface area (Å²) < 4.78 is 5.91. The van der Waals surface area contributed by atoms with Gasteiger partial charge in [-0.3, -0.25) is 4.79 Å². The number of nitrogens with one attached hydrogen (secondary N) is 1. The van der Waals surface area contributed by atoms with Crippen LogP contribution in [0.2, 0.25) is 0 Å². The highest BCUT2D eigenvalue weighted by molar-refractivity contribution is 5.87. The van der Waals surface area contributed by atoms with Gasteiger partial charge in [0.2, 0.25) is 5.91 Å². The van der Waals surface area contributed by atoms with E-state index >= 15 is 0 Å². The molecule has 0 aromatic rings. The summed E-state index contributed by atoms with van der Waals surface area (Å²) in [6.45, 7) is 22.9. The van der Waals surface area contributed by atoms with Gasteiger partial charge in [-0.25, -0.2) is 0 Å². The average Bonchev–Trinajstić information content (AvgIpc) is 3.74. The van der Waals surface area contributed by atoms with Gasteiger partial charge in [-0.2, -0.15) is 0 Å². The highest BCUT2D eigenvalue weighted by atomic mass is 16.6. The fraction of sp³-hybridized carbons (Fsp3) is 0.917. The van der Waals surface area contributed by atoms with Gasteiger partial charge < -0.3 is 15.0 Å². The van der Waals surface area contributed by atoms with Crippen molar-refractivity contribution in [2.75, 3.05) is 32.8 Å². The molecule has 8 atom stereocenters. The number of rotatable bonds is 2. The van der Waals surface area contributed by atoms with E-state index in [1.54, 1.807) is 11.1 Å². The molecule has 4 saturated carbocycles. The van der Waals surface area contributed by atoms with Crippen LogP contribution in [-0.4, -0.2) is 49.7 Å². The van der Waals surface area contributed by atoms with Crippen LogP contribution in [0.3, 0.4) is 0 Å². The van der Waals surface area contributed by atoms with Crippen LogP contribution in [0.1, 0.15) is 119 Å². The first-order chi connectivity index (χ1) is 18.8. The Morgan fingerprint density at radius 1 is 0.825 bits per heavy atom. The van der Waals surface area contributed by atoms with Gasteiger partial charge in [-0.15, -0.1) is 0 Å². The smallest absolute Gasteiger partial charge is 0.232 e. The van der Waals surface area contributed by atoms with Crippen LogP contribution >= 0.6 is 0 Å². The molecule has 7 rings (SSSR count). The lowest BCUT2D eigenvalue weighted by atomic mass is 9.33. The van der Waals surface area contributed by atoms with Crippen molar-refractivity contribution in [1.82, 2.24) is 10.2 Å². The maximum absolute atomic E-state index is 14.5. The van der Waals surface area contributed by atoms with Crippen LogP contribution in [0.15, 0.2) is 11.1 Å². The van der Waals surface area contributed by atoms with Gasteiger partial charge in [0, 0.05) is 26.2 Å². The summed E-state index contributed by atoms with van der Waals surface area (Å²) in [4.78, 5) is 16.8. The minimum absolute atomic E-state index is 0.223. The van der Waals surface area contributed by atoms with E-state index in [9.17, 15) is 4.79 Å². The third kappa shape index (κ3) is 3.66. The molecule has 0 spiro atoms. The number of fused-ring (bicyclic) bond motifs is 6. The van der Waals surface area contributed by atoms with Crippen LogP contribution in [0.25, 0.3) is 0 Å². The van der Waals surface area contributed by atoms with Crippen molar-refractivity contribution in [3.8, 4) is 0 Å². The Labute approximate surface area is 244 Å². The molecule has 6 fully saturated rings. The zero-order valence-corrected chi connectivity index (χ0v) is 26.9. The van der Waals surface area contributed by atoms with Crippen molar-refractivity contribution >= 4 is 5.91 Å². The van der Waals surface area contributed by atoms with Crippen molar-refractivity contribution in [2.45, 2.75) is 125 Å². The number of nitrogens with zero attached hydrogens (tertiary/aromatic N) is 1. The van der Waals surface area contributed by atoms with E-state index in [4.69, 9.17) is 4.74 Å². The Hall–Kier alpha value is -0.870. The number of hydrogen-bond donors (Lipinski definition) is 1. The van der Waals surface area contributed by atoms with Crippen molar-refractivity contribution in [3.63, 3.8) is 0 Å². The molecule has 1 unspecified atom stereocenters. The normalized spacial score (nSPS) is 49.3. The lowest BCUT2D eigenvalue weighted by Gasteiger charge is -2.71. The largest absolute Gasteiger partial charge is 0.373 e. The summed E-state index contributed by atoms with van der Waals surface area (Å²) in [7, 11) is 0. The molecule has 40 heavy (non-hydrogen) atoms. The molecule has 1 amide bonds. The molecule has 0 bridgehead atoms. The molecule has 4 nitrogen and oxygen atoms in total. The SMILES string of the molecule is CC1(C)CC[C@]2(C(=O)N3CCNCC3)CC[C@]3(C)C(=C2C1)CC[C@@H]1[C@@]2(C)CC[C@H](C4CO4)C(C)(C)[C@@H]2CC[C@]13C. The minimum atomic E-state index is -0.226. The van der Waals surface area contributed by atoms with E-state index < -0.39 is 0 Å². The summed E-state index contributed by atoms with van der Waals surface area (Å²) in [5, 5.41) is 3.47. The third-order valence-corrected chi connectivity index (χ3v) is 15.3. The molecule has 2 aliphatic heterocycles. The van der Waals surface area contributed by atoms with Crippen LogP contribution in [0.5, 0.6) is 0 Å².